The molecule has 1 aromatic carbocycles. The molecule has 0 radical (unpaired) electrons. The third kappa shape index (κ3) is 3.41. The molecule has 2 rings (SSSR count). The van der Waals surface area contributed by atoms with Gasteiger partial charge >= 0.3 is 0 Å². The van der Waals surface area contributed by atoms with E-state index in [1.165, 1.54) is 0 Å². The van der Waals surface area contributed by atoms with E-state index < -0.39 is 0 Å². The molecule has 106 valence electrons. The smallest absolute Gasteiger partial charge is 0.166 e. The molecular weight excluding hydrogens is 295 g/mol. The molecule has 0 aliphatic rings. The van der Waals surface area contributed by atoms with Gasteiger partial charge in [-0.25, -0.2) is 9.97 Å². The minimum atomic E-state index is 0.410. The summed E-state index contributed by atoms with van der Waals surface area (Å²) in [6.07, 6.45) is 0.835. The number of rotatable bonds is 4. The number of hydrogen-bond acceptors (Lipinski definition) is 3. The molecule has 0 unspecified atom stereocenters. The quantitative estimate of drug-likeness (QED) is 0.770. The van der Waals surface area contributed by atoms with Crippen molar-refractivity contribution < 1.29 is 4.74 Å². The number of aromatic nitrogens is 2. The average Bonchev–Trinajstić information content (AvgIpc) is 2.36. The number of nitrogens with zero attached hydrogens (tertiary/aromatic N) is 2. The third-order valence-electron chi connectivity index (χ3n) is 2.78. The van der Waals surface area contributed by atoms with Crippen LogP contribution in [0.5, 0.6) is 5.75 Å². The van der Waals surface area contributed by atoms with Crippen LogP contribution in [0.25, 0.3) is 11.4 Å². The Morgan fingerprint density at radius 3 is 2.60 bits per heavy atom. The summed E-state index contributed by atoms with van der Waals surface area (Å²) in [5, 5.41) is 0.953. The summed E-state index contributed by atoms with van der Waals surface area (Å²) in [6, 6.07) is 7.22. The minimum Gasteiger partial charge on any atom is -0.496 e. The number of hydrogen-bond donors (Lipinski definition) is 0. The maximum atomic E-state index is 6.25. The highest BCUT2D eigenvalue weighted by molar-refractivity contribution is 6.33. The first-order valence-electron chi connectivity index (χ1n) is 6.37. The van der Waals surface area contributed by atoms with Crippen LogP contribution in [0.2, 0.25) is 10.2 Å². The molecule has 0 atom stereocenters. The Morgan fingerprint density at radius 1 is 1.20 bits per heavy atom. The summed E-state index contributed by atoms with van der Waals surface area (Å²) in [5.41, 5.74) is 1.57. The molecule has 2 aromatic rings. The van der Waals surface area contributed by atoms with Crippen LogP contribution in [0.15, 0.2) is 24.3 Å². The number of benzene rings is 1. The van der Waals surface area contributed by atoms with Crippen LogP contribution in [-0.2, 0) is 6.42 Å². The van der Waals surface area contributed by atoms with Crippen LogP contribution in [0.4, 0.5) is 0 Å². The molecule has 20 heavy (non-hydrogen) atoms. The van der Waals surface area contributed by atoms with Gasteiger partial charge in [0.25, 0.3) is 0 Å². The van der Waals surface area contributed by atoms with Crippen molar-refractivity contribution in [3.05, 3.63) is 40.1 Å². The van der Waals surface area contributed by atoms with Gasteiger partial charge in [-0.05, 0) is 30.5 Å². The van der Waals surface area contributed by atoms with Gasteiger partial charge in [-0.2, -0.15) is 0 Å². The predicted octanol–water partition coefficient (Wildman–Crippen LogP) is 4.66. The highest BCUT2D eigenvalue weighted by Crippen LogP contribution is 2.35. The minimum absolute atomic E-state index is 0.410. The molecule has 1 aromatic heterocycles. The van der Waals surface area contributed by atoms with E-state index in [0.717, 1.165) is 12.1 Å². The van der Waals surface area contributed by atoms with Crippen molar-refractivity contribution >= 4 is 23.2 Å². The molecule has 0 N–H and O–H groups in total. The Kier molecular flexibility index (Phi) is 4.84. The second kappa shape index (κ2) is 6.42. The molecule has 0 saturated heterocycles. The molecule has 5 heteroatoms. The first kappa shape index (κ1) is 15.1. The van der Waals surface area contributed by atoms with Gasteiger partial charge in [0, 0.05) is 5.69 Å². The highest BCUT2D eigenvalue weighted by atomic mass is 35.5. The Morgan fingerprint density at radius 2 is 1.95 bits per heavy atom. The standard InChI is InChI=1S/C15H16Cl2N2O/c1-9(2)7-10-8-13(17)19-15(18-10)14-11(16)5-4-6-12(14)20-3/h4-6,8-9H,7H2,1-3H3. The maximum Gasteiger partial charge on any atom is 0.166 e. The molecule has 0 amide bonds. The lowest BCUT2D eigenvalue weighted by Gasteiger charge is -2.11. The molecule has 3 nitrogen and oxygen atoms in total. The zero-order valence-corrected chi connectivity index (χ0v) is 13.2. The molecule has 0 bridgehead atoms. The largest absolute Gasteiger partial charge is 0.496 e. The zero-order valence-electron chi connectivity index (χ0n) is 11.7. The lowest BCUT2D eigenvalue weighted by atomic mass is 10.1. The van der Waals surface area contributed by atoms with Crippen molar-refractivity contribution in [2.45, 2.75) is 20.3 Å². The number of methoxy groups -OCH3 is 1. The second-order valence-corrected chi connectivity index (χ2v) is 5.72. The number of halogens is 2. The normalized spacial score (nSPS) is 10.9. The summed E-state index contributed by atoms with van der Waals surface area (Å²) >= 11 is 12.3. The van der Waals surface area contributed by atoms with Crippen molar-refractivity contribution in [1.29, 1.82) is 0 Å². The van der Waals surface area contributed by atoms with Gasteiger partial charge in [-0.15, -0.1) is 0 Å². The molecular formula is C15H16Cl2N2O. The first-order chi connectivity index (χ1) is 9.51. The lowest BCUT2D eigenvalue weighted by Crippen LogP contribution is -2.02. The zero-order chi connectivity index (χ0) is 14.7. The lowest BCUT2D eigenvalue weighted by molar-refractivity contribution is 0.416. The topological polar surface area (TPSA) is 35.0 Å². The average molecular weight is 311 g/mol. The fraction of sp³-hybridized carbons (Fsp3) is 0.333. The first-order valence-corrected chi connectivity index (χ1v) is 7.13. The molecule has 0 aliphatic carbocycles. The van der Waals surface area contributed by atoms with Crippen molar-refractivity contribution in [2.75, 3.05) is 7.11 Å². The van der Waals surface area contributed by atoms with Crippen molar-refractivity contribution in [2.24, 2.45) is 5.92 Å². The van der Waals surface area contributed by atoms with Gasteiger partial charge in [0.15, 0.2) is 5.82 Å². The van der Waals surface area contributed by atoms with Crippen LogP contribution in [0.1, 0.15) is 19.5 Å². The van der Waals surface area contributed by atoms with E-state index >= 15 is 0 Å². The van der Waals surface area contributed by atoms with E-state index in [0.29, 0.717) is 33.2 Å². The summed E-state index contributed by atoms with van der Waals surface area (Å²) < 4.78 is 5.33. The molecule has 1 heterocycles. The summed E-state index contributed by atoms with van der Waals surface area (Å²) in [6.45, 7) is 4.26. The Hall–Kier alpha value is -1.32. The SMILES string of the molecule is COc1cccc(Cl)c1-c1nc(Cl)cc(CC(C)C)n1. The Labute approximate surface area is 128 Å². The second-order valence-electron chi connectivity index (χ2n) is 4.92. The van der Waals surface area contributed by atoms with Crippen LogP contribution in [-0.4, -0.2) is 17.1 Å². The fourth-order valence-corrected chi connectivity index (χ4v) is 2.45. The van der Waals surface area contributed by atoms with Crippen LogP contribution in [0.3, 0.4) is 0 Å². The number of ether oxygens (including phenoxy) is 1. The monoisotopic (exact) mass is 310 g/mol. The molecule has 0 fully saturated rings. The van der Waals surface area contributed by atoms with Gasteiger partial charge in [0.2, 0.25) is 0 Å². The summed E-state index contributed by atoms with van der Waals surface area (Å²) in [5.74, 6) is 1.62. The maximum absolute atomic E-state index is 6.25. The summed E-state index contributed by atoms with van der Waals surface area (Å²) in [4.78, 5) is 8.82. The van der Waals surface area contributed by atoms with E-state index in [1.807, 2.05) is 12.1 Å². The van der Waals surface area contributed by atoms with E-state index in [2.05, 4.69) is 23.8 Å². The van der Waals surface area contributed by atoms with Gasteiger partial charge in [0.1, 0.15) is 10.9 Å². The van der Waals surface area contributed by atoms with Gasteiger partial charge in [-0.3, -0.25) is 0 Å². The van der Waals surface area contributed by atoms with Crippen molar-refractivity contribution in [1.82, 2.24) is 9.97 Å². The van der Waals surface area contributed by atoms with Crippen LogP contribution in [0, 0.1) is 5.92 Å². The van der Waals surface area contributed by atoms with E-state index in [9.17, 15) is 0 Å². The predicted molar refractivity (Wildman–Crippen MR) is 82.6 cm³/mol. The molecule has 0 spiro atoms. The third-order valence-corrected chi connectivity index (χ3v) is 3.29. The van der Waals surface area contributed by atoms with E-state index in [4.69, 9.17) is 27.9 Å². The Bertz CT molecular complexity index is 615. The van der Waals surface area contributed by atoms with E-state index in [-0.39, 0.29) is 0 Å². The van der Waals surface area contributed by atoms with Crippen molar-refractivity contribution in [3.63, 3.8) is 0 Å². The fourth-order valence-electron chi connectivity index (χ4n) is 1.99. The van der Waals surface area contributed by atoms with Crippen LogP contribution < -0.4 is 4.74 Å². The van der Waals surface area contributed by atoms with Gasteiger partial charge < -0.3 is 4.74 Å². The molecule has 0 saturated carbocycles. The molecule has 0 aliphatic heterocycles. The van der Waals surface area contributed by atoms with Crippen LogP contribution >= 0.6 is 23.2 Å². The van der Waals surface area contributed by atoms with Gasteiger partial charge in [0.05, 0.1) is 17.7 Å². The Balaban J connectivity index is 2.55. The summed E-state index contributed by atoms with van der Waals surface area (Å²) in [7, 11) is 1.59. The highest BCUT2D eigenvalue weighted by Gasteiger charge is 2.15. The van der Waals surface area contributed by atoms with E-state index in [1.54, 1.807) is 19.2 Å². The van der Waals surface area contributed by atoms with Gasteiger partial charge in [-0.1, -0.05) is 43.1 Å². The van der Waals surface area contributed by atoms with Crippen molar-refractivity contribution in [3.8, 4) is 17.1 Å².